The standard InChI is InChI=1S/C21H22ClN5OS/c1-12-7-13(2)20(25-9-12)15-8-19(24-11-17(15)22)23-6-5-18-16(14(3)28)10-26-21(27-18)29-4/h7-11H,5-6H2,1-4H3,(H,23,24). The van der Waals surface area contributed by atoms with Crippen LogP contribution in [0.2, 0.25) is 5.02 Å². The molecule has 0 amide bonds. The van der Waals surface area contributed by atoms with E-state index < -0.39 is 0 Å². The molecule has 0 radical (unpaired) electrons. The Balaban J connectivity index is 1.78. The van der Waals surface area contributed by atoms with Crippen LogP contribution in [0.4, 0.5) is 5.82 Å². The Kier molecular flexibility index (Phi) is 6.82. The molecule has 0 saturated heterocycles. The third-order valence-corrected chi connectivity index (χ3v) is 5.26. The van der Waals surface area contributed by atoms with Crippen LogP contribution in [0.5, 0.6) is 0 Å². The summed E-state index contributed by atoms with van der Waals surface area (Å²) in [5, 5.41) is 4.49. The molecule has 0 bridgehead atoms. The van der Waals surface area contributed by atoms with E-state index in [2.05, 4.69) is 31.3 Å². The highest BCUT2D eigenvalue weighted by atomic mass is 35.5. The van der Waals surface area contributed by atoms with Crippen LogP contribution < -0.4 is 5.32 Å². The molecule has 0 aliphatic rings. The molecular formula is C21H22ClN5OS. The second-order valence-corrected chi connectivity index (χ2v) is 7.86. The maximum absolute atomic E-state index is 11.9. The van der Waals surface area contributed by atoms with Crippen molar-refractivity contribution in [2.45, 2.75) is 32.3 Å². The summed E-state index contributed by atoms with van der Waals surface area (Å²) in [5.41, 5.74) is 5.11. The maximum atomic E-state index is 11.9. The number of halogens is 1. The fourth-order valence-electron chi connectivity index (χ4n) is 3.00. The first kappa shape index (κ1) is 21.2. The molecule has 3 heterocycles. The number of nitrogens with zero attached hydrogens (tertiary/aromatic N) is 4. The quantitative estimate of drug-likeness (QED) is 0.330. The highest BCUT2D eigenvalue weighted by Crippen LogP contribution is 2.30. The minimum Gasteiger partial charge on any atom is -0.370 e. The average Bonchev–Trinajstić information content (AvgIpc) is 2.69. The van der Waals surface area contributed by atoms with Gasteiger partial charge in [0.05, 0.1) is 22.0 Å². The molecule has 0 unspecified atom stereocenters. The molecule has 0 fully saturated rings. The van der Waals surface area contributed by atoms with Gasteiger partial charge < -0.3 is 5.32 Å². The summed E-state index contributed by atoms with van der Waals surface area (Å²) in [4.78, 5) is 29.4. The number of Topliss-reactive ketones (excluding diaryl/α,β-unsaturated/α-hetero) is 1. The van der Waals surface area contributed by atoms with Crippen LogP contribution in [0.1, 0.15) is 34.1 Å². The number of hydrogen-bond donors (Lipinski definition) is 1. The monoisotopic (exact) mass is 427 g/mol. The molecule has 3 rings (SSSR count). The maximum Gasteiger partial charge on any atom is 0.187 e. The number of carbonyl (C=O) groups is 1. The zero-order chi connectivity index (χ0) is 21.0. The molecule has 150 valence electrons. The first-order chi connectivity index (χ1) is 13.9. The fraction of sp³-hybridized carbons (Fsp3) is 0.286. The van der Waals surface area contributed by atoms with Gasteiger partial charge in [-0.2, -0.15) is 0 Å². The Morgan fingerprint density at radius 2 is 1.93 bits per heavy atom. The molecular weight excluding hydrogens is 406 g/mol. The van der Waals surface area contributed by atoms with E-state index in [0.717, 1.165) is 28.1 Å². The number of nitrogens with one attached hydrogen (secondary N) is 1. The van der Waals surface area contributed by atoms with Crippen LogP contribution >= 0.6 is 23.4 Å². The minimum atomic E-state index is -0.0412. The lowest BCUT2D eigenvalue weighted by molar-refractivity contribution is 0.101. The SMILES string of the molecule is CSc1ncc(C(C)=O)c(CCNc2cc(-c3ncc(C)cc3C)c(Cl)cn2)n1. The van der Waals surface area contributed by atoms with Gasteiger partial charge in [0, 0.05) is 37.1 Å². The van der Waals surface area contributed by atoms with Crippen molar-refractivity contribution in [3.8, 4) is 11.3 Å². The number of aryl methyl sites for hydroxylation is 2. The van der Waals surface area contributed by atoms with Gasteiger partial charge in [0.1, 0.15) is 5.82 Å². The number of thioether (sulfide) groups is 1. The second-order valence-electron chi connectivity index (χ2n) is 6.68. The first-order valence-corrected chi connectivity index (χ1v) is 10.7. The van der Waals surface area contributed by atoms with Gasteiger partial charge in [-0.05, 0) is 44.2 Å². The third kappa shape index (κ3) is 5.10. The van der Waals surface area contributed by atoms with Crippen LogP contribution in [-0.4, -0.2) is 38.5 Å². The number of hydrogen-bond acceptors (Lipinski definition) is 7. The second kappa shape index (κ2) is 9.33. The van der Waals surface area contributed by atoms with E-state index in [9.17, 15) is 4.79 Å². The topological polar surface area (TPSA) is 80.7 Å². The lowest BCUT2D eigenvalue weighted by Gasteiger charge is -2.12. The van der Waals surface area contributed by atoms with Crippen molar-refractivity contribution >= 4 is 35.0 Å². The number of carbonyl (C=O) groups excluding carboxylic acids is 1. The largest absolute Gasteiger partial charge is 0.370 e. The van der Waals surface area contributed by atoms with E-state index in [1.165, 1.54) is 18.7 Å². The number of rotatable bonds is 7. The highest BCUT2D eigenvalue weighted by molar-refractivity contribution is 7.98. The van der Waals surface area contributed by atoms with Crippen molar-refractivity contribution in [1.82, 2.24) is 19.9 Å². The zero-order valence-corrected chi connectivity index (χ0v) is 18.4. The van der Waals surface area contributed by atoms with E-state index in [0.29, 0.717) is 34.5 Å². The normalized spacial score (nSPS) is 10.8. The molecule has 0 aliphatic heterocycles. The van der Waals surface area contributed by atoms with Crippen molar-refractivity contribution in [2.75, 3.05) is 18.1 Å². The van der Waals surface area contributed by atoms with E-state index >= 15 is 0 Å². The van der Waals surface area contributed by atoms with Crippen molar-refractivity contribution in [3.05, 3.63) is 58.1 Å². The lowest BCUT2D eigenvalue weighted by Crippen LogP contribution is -2.12. The average molecular weight is 428 g/mol. The third-order valence-electron chi connectivity index (χ3n) is 4.40. The van der Waals surface area contributed by atoms with E-state index in [1.54, 1.807) is 12.4 Å². The molecule has 0 atom stereocenters. The molecule has 0 aliphatic carbocycles. The predicted molar refractivity (Wildman–Crippen MR) is 118 cm³/mol. The number of aromatic nitrogens is 4. The van der Waals surface area contributed by atoms with Crippen LogP contribution in [-0.2, 0) is 6.42 Å². The van der Waals surface area contributed by atoms with Crippen LogP contribution in [0.25, 0.3) is 11.3 Å². The van der Waals surface area contributed by atoms with E-state index in [-0.39, 0.29) is 5.78 Å². The fourth-order valence-corrected chi connectivity index (χ4v) is 3.56. The van der Waals surface area contributed by atoms with Crippen molar-refractivity contribution in [1.29, 1.82) is 0 Å². The van der Waals surface area contributed by atoms with Crippen molar-refractivity contribution in [3.63, 3.8) is 0 Å². The lowest BCUT2D eigenvalue weighted by atomic mass is 10.1. The summed E-state index contributed by atoms with van der Waals surface area (Å²) in [6.07, 6.45) is 7.53. The summed E-state index contributed by atoms with van der Waals surface area (Å²) in [7, 11) is 0. The van der Waals surface area contributed by atoms with Gasteiger partial charge >= 0.3 is 0 Å². The molecule has 3 aromatic rings. The summed E-state index contributed by atoms with van der Waals surface area (Å²) in [5.74, 6) is 0.648. The van der Waals surface area contributed by atoms with E-state index in [1.807, 2.05) is 32.4 Å². The van der Waals surface area contributed by atoms with Crippen LogP contribution in [0, 0.1) is 13.8 Å². The summed E-state index contributed by atoms with van der Waals surface area (Å²) < 4.78 is 0. The Bertz CT molecular complexity index is 1060. The number of ketones is 1. The Morgan fingerprint density at radius 1 is 1.14 bits per heavy atom. The molecule has 29 heavy (non-hydrogen) atoms. The molecule has 0 saturated carbocycles. The van der Waals surface area contributed by atoms with E-state index in [4.69, 9.17) is 11.6 Å². The Morgan fingerprint density at radius 3 is 2.62 bits per heavy atom. The van der Waals surface area contributed by atoms with Crippen molar-refractivity contribution < 1.29 is 4.79 Å². The van der Waals surface area contributed by atoms with Gasteiger partial charge in [-0.25, -0.2) is 15.0 Å². The predicted octanol–water partition coefficient (Wildman–Crippen LogP) is 4.78. The van der Waals surface area contributed by atoms with Gasteiger partial charge in [-0.1, -0.05) is 29.4 Å². The summed E-state index contributed by atoms with van der Waals surface area (Å²) in [6, 6.07) is 3.97. The molecule has 0 spiro atoms. The Hall–Kier alpha value is -2.51. The minimum absolute atomic E-state index is 0.0412. The summed E-state index contributed by atoms with van der Waals surface area (Å²) in [6.45, 7) is 6.12. The zero-order valence-electron chi connectivity index (χ0n) is 16.8. The number of anilines is 1. The molecule has 0 aromatic carbocycles. The molecule has 3 aromatic heterocycles. The highest BCUT2D eigenvalue weighted by Gasteiger charge is 2.13. The smallest absolute Gasteiger partial charge is 0.187 e. The van der Waals surface area contributed by atoms with Gasteiger partial charge in [0.2, 0.25) is 0 Å². The van der Waals surface area contributed by atoms with Gasteiger partial charge in [0.25, 0.3) is 0 Å². The number of pyridine rings is 2. The Labute approximate surface area is 179 Å². The molecule has 1 N–H and O–H groups in total. The van der Waals surface area contributed by atoms with Crippen LogP contribution in [0.15, 0.2) is 35.9 Å². The summed E-state index contributed by atoms with van der Waals surface area (Å²) >= 11 is 7.82. The van der Waals surface area contributed by atoms with Gasteiger partial charge in [0.15, 0.2) is 10.9 Å². The van der Waals surface area contributed by atoms with Gasteiger partial charge in [-0.3, -0.25) is 9.78 Å². The van der Waals surface area contributed by atoms with Gasteiger partial charge in [-0.15, -0.1) is 0 Å². The molecule has 8 heteroatoms. The molecule has 6 nitrogen and oxygen atoms in total. The van der Waals surface area contributed by atoms with Crippen molar-refractivity contribution in [2.24, 2.45) is 0 Å². The van der Waals surface area contributed by atoms with Crippen LogP contribution in [0.3, 0.4) is 0 Å². The first-order valence-electron chi connectivity index (χ1n) is 9.13.